The van der Waals surface area contributed by atoms with E-state index in [1.54, 1.807) is 0 Å². The van der Waals surface area contributed by atoms with E-state index in [1.165, 1.54) is 19.3 Å². The van der Waals surface area contributed by atoms with Crippen molar-refractivity contribution in [2.75, 3.05) is 0 Å². The van der Waals surface area contributed by atoms with E-state index in [2.05, 4.69) is 13.8 Å². The molecule has 0 saturated carbocycles. The lowest BCUT2D eigenvalue weighted by Gasteiger charge is -1.86. The third-order valence-corrected chi connectivity index (χ3v) is 0.854. The van der Waals surface area contributed by atoms with Gasteiger partial charge in [0.2, 0.25) is 0 Å². The molecule has 0 N–H and O–H groups in total. The summed E-state index contributed by atoms with van der Waals surface area (Å²) in [6, 6.07) is 0. The summed E-state index contributed by atoms with van der Waals surface area (Å²) < 4.78 is 0. The van der Waals surface area contributed by atoms with Gasteiger partial charge in [-0.3, -0.25) is 0 Å². The lowest BCUT2D eigenvalue weighted by Crippen LogP contribution is -1.66. The van der Waals surface area contributed by atoms with Gasteiger partial charge in [0.25, 0.3) is 0 Å². The van der Waals surface area contributed by atoms with Gasteiger partial charge in [-0.05, 0) is 0 Å². The minimum Gasteiger partial charge on any atom is -0.0654 e. The Bertz CT molecular complexity index is 12.0. The van der Waals surface area contributed by atoms with Gasteiger partial charge in [-0.15, -0.1) is 0 Å². The molecule has 0 spiro atoms. The number of hydrogen-bond acceptors (Lipinski definition) is 0. The lowest BCUT2D eigenvalue weighted by molar-refractivity contribution is 0.728. The molecule has 0 saturated heterocycles. The summed E-state index contributed by atoms with van der Waals surface area (Å²) in [6.07, 6.45) is 5.07. The van der Waals surface area contributed by atoms with Gasteiger partial charge in [0.1, 0.15) is 0 Å². The summed E-state index contributed by atoms with van der Waals surface area (Å²) in [5.74, 6) is 0. The van der Waals surface area contributed by atoms with Crippen molar-refractivity contribution in [2.24, 2.45) is 0 Å². The SMILES string of the molecule is [CH2]CCCCC. The second-order valence-electron chi connectivity index (χ2n) is 1.56. The van der Waals surface area contributed by atoms with Crippen LogP contribution < -0.4 is 0 Å². The monoisotopic (exact) mass is 85.1 g/mol. The Morgan fingerprint density at radius 1 is 1.33 bits per heavy atom. The van der Waals surface area contributed by atoms with Crippen LogP contribution in [0.25, 0.3) is 0 Å². The molecule has 0 bridgehead atoms. The first-order valence-electron chi connectivity index (χ1n) is 2.71. The summed E-state index contributed by atoms with van der Waals surface area (Å²) >= 11 is 0. The van der Waals surface area contributed by atoms with Crippen LogP contribution in [0.3, 0.4) is 0 Å². The van der Waals surface area contributed by atoms with Gasteiger partial charge in [0, 0.05) is 0 Å². The molecule has 0 heteroatoms. The van der Waals surface area contributed by atoms with E-state index in [9.17, 15) is 0 Å². The van der Waals surface area contributed by atoms with E-state index in [1.807, 2.05) is 0 Å². The number of unbranched alkanes of at least 4 members (excludes halogenated alkanes) is 3. The topological polar surface area (TPSA) is 0 Å². The molecule has 0 nitrogen and oxygen atoms in total. The van der Waals surface area contributed by atoms with Crippen LogP contribution in [0.5, 0.6) is 0 Å². The summed E-state index contributed by atoms with van der Waals surface area (Å²) in [5.41, 5.74) is 0. The molecule has 0 fully saturated rings. The highest BCUT2D eigenvalue weighted by atomic mass is 13.8. The normalized spacial score (nSPS) is 9.00. The maximum Gasteiger partial charge on any atom is -0.0533 e. The molecule has 0 unspecified atom stereocenters. The van der Waals surface area contributed by atoms with Crippen LogP contribution in [0.2, 0.25) is 0 Å². The van der Waals surface area contributed by atoms with E-state index >= 15 is 0 Å². The first kappa shape index (κ1) is 6.00. The van der Waals surface area contributed by atoms with Gasteiger partial charge in [0.15, 0.2) is 0 Å². The maximum atomic E-state index is 3.72. The van der Waals surface area contributed by atoms with Crippen LogP contribution in [-0.4, -0.2) is 0 Å². The predicted molar refractivity (Wildman–Crippen MR) is 29.5 cm³/mol. The molecule has 0 aliphatic carbocycles. The number of rotatable bonds is 3. The molecule has 0 aromatic rings. The highest BCUT2D eigenvalue weighted by Gasteiger charge is 1.75. The second-order valence-corrected chi connectivity index (χ2v) is 1.56. The molecule has 0 amide bonds. The molecule has 0 aromatic carbocycles. The molecule has 0 aliphatic heterocycles. The number of hydrogen-bond donors (Lipinski definition) is 0. The van der Waals surface area contributed by atoms with Gasteiger partial charge >= 0.3 is 0 Å². The standard InChI is InChI=1S/C6H13/c1-3-5-6-4-2/h1,3-6H2,2H3. The summed E-state index contributed by atoms with van der Waals surface area (Å²) in [7, 11) is 0. The Labute approximate surface area is 40.6 Å². The predicted octanol–water partition coefficient (Wildman–Crippen LogP) is 2.40. The molecule has 0 rings (SSSR count). The van der Waals surface area contributed by atoms with E-state index < -0.39 is 0 Å². The van der Waals surface area contributed by atoms with Crippen molar-refractivity contribution in [3.05, 3.63) is 6.92 Å². The smallest absolute Gasteiger partial charge is 0.0533 e. The summed E-state index contributed by atoms with van der Waals surface area (Å²) in [4.78, 5) is 0. The molecule has 6 heavy (non-hydrogen) atoms. The van der Waals surface area contributed by atoms with Crippen LogP contribution in [0.4, 0.5) is 0 Å². The third-order valence-electron chi connectivity index (χ3n) is 0.854. The fourth-order valence-electron chi connectivity index (χ4n) is 0.427. The Balaban J connectivity index is 2.34. The Hall–Kier alpha value is 0. The zero-order chi connectivity index (χ0) is 4.83. The van der Waals surface area contributed by atoms with Gasteiger partial charge in [-0.25, -0.2) is 0 Å². The van der Waals surface area contributed by atoms with E-state index in [-0.39, 0.29) is 0 Å². The fraction of sp³-hybridized carbons (Fsp3) is 0.833. The van der Waals surface area contributed by atoms with Gasteiger partial charge in [-0.1, -0.05) is 39.5 Å². The van der Waals surface area contributed by atoms with Gasteiger partial charge < -0.3 is 0 Å². The largest absolute Gasteiger partial charge is 0.0654 e. The van der Waals surface area contributed by atoms with Gasteiger partial charge in [0.05, 0.1) is 0 Å². The Kier molecular flexibility index (Phi) is 5.00. The molecule has 37 valence electrons. The van der Waals surface area contributed by atoms with Crippen LogP contribution >= 0.6 is 0 Å². The minimum atomic E-state index is 1.10. The van der Waals surface area contributed by atoms with Crippen LogP contribution in [0.1, 0.15) is 32.6 Å². The van der Waals surface area contributed by atoms with Crippen molar-refractivity contribution in [3.8, 4) is 0 Å². The van der Waals surface area contributed by atoms with E-state index in [0.717, 1.165) is 6.42 Å². The lowest BCUT2D eigenvalue weighted by atomic mass is 10.2. The van der Waals surface area contributed by atoms with Crippen molar-refractivity contribution in [3.63, 3.8) is 0 Å². The molecule has 0 aliphatic rings. The Morgan fingerprint density at radius 2 is 2.00 bits per heavy atom. The van der Waals surface area contributed by atoms with Crippen LogP contribution in [-0.2, 0) is 0 Å². The van der Waals surface area contributed by atoms with Gasteiger partial charge in [-0.2, -0.15) is 0 Å². The quantitative estimate of drug-likeness (QED) is 0.461. The Morgan fingerprint density at radius 3 is 2.17 bits per heavy atom. The average Bonchev–Trinajstić information content (AvgIpc) is 1.61. The molecular weight excluding hydrogens is 72.1 g/mol. The molecule has 0 atom stereocenters. The molecule has 0 heterocycles. The zero-order valence-electron chi connectivity index (χ0n) is 4.54. The maximum absolute atomic E-state index is 3.72. The summed E-state index contributed by atoms with van der Waals surface area (Å²) in [6.45, 7) is 5.93. The second kappa shape index (κ2) is 5.00. The highest BCUT2D eigenvalue weighted by molar-refractivity contribution is 4.38. The fourth-order valence-corrected chi connectivity index (χ4v) is 0.427. The zero-order valence-corrected chi connectivity index (χ0v) is 4.54. The van der Waals surface area contributed by atoms with Crippen LogP contribution in [0, 0.1) is 6.92 Å². The molecule has 0 aromatic heterocycles. The van der Waals surface area contributed by atoms with E-state index in [0.29, 0.717) is 0 Å². The average molecular weight is 85.2 g/mol. The third kappa shape index (κ3) is 4.00. The van der Waals surface area contributed by atoms with Crippen LogP contribution in [0.15, 0.2) is 0 Å². The van der Waals surface area contributed by atoms with Crippen molar-refractivity contribution in [1.82, 2.24) is 0 Å². The highest BCUT2D eigenvalue weighted by Crippen LogP contribution is 1.95. The summed E-state index contributed by atoms with van der Waals surface area (Å²) in [5, 5.41) is 0. The van der Waals surface area contributed by atoms with Crippen molar-refractivity contribution >= 4 is 0 Å². The molecular formula is C6H13. The first-order valence-corrected chi connectivity index (χ1v) is 2.71. The molecule has 1 radical (unpaired) electrons. The van der Waals surface area contributed by atoms with Crippen molar-refractivity contribution < 1.29 is 0 Å². The first-order chi connectivity index (χ1) is 2.91. The van der Waals surface area contributed by atoms with Crippen molar-refractivity contribution in [1.29, 1.82) is 0 Å². The van der Waals surface area contributed by atoms with Crippen molar-refractivity contribution in [2.45, 2.75) is 32.6 Å². The van der Waals surface area contributed by atoms with E-state index in [4.69, 9.17) is 0 Å². The minimum absolute atomic E-state index is 1.10.